The molecule has 0 spiro atoms. The molecular weight excluding hydrogens is 469 g/mol. The molecule has 33 heavy (non-hydrogen) atoms. The van der Waals surface area contributed by atoms with Crippen molar-refractivity contribution in [1.82, 2.24) is 19.2 Å². The van der Waals surface area contributed by atoms with Gasteiger partial charge in [-0.3, -0.25) is 18.6 Å². The van der Waals surface area contributed by atoms with Crippen LogP contribution in [0, 0.1) is 11.7 Å². The van der Waals surface area contributed by atoms with E-state index in [-0.39, 0.29) is 28.5 Å². The summed E-state index contributed by atoms with van der Waals surface area (Å²) in [6.07, 6.45) is 0. The van der Waals surface area contributed by atoms with Crippen molar-refractivity contribution in [2.75, 3.05) is 18.2 Å². The zero-order chi connectivity index (χ0) is 23.7. The lowest BCUT2D eigenvalue weighted by Crippen LogP contribution is -2.25. The summed E-state index contributed by atoms with van der Waals surface area (Å²) in [5.41, 5.74) is 0.592. The van der Waals surface area contributed by atoms with Crippen LogP contribution in [0.4, 0.5) is 10.1 Å². The molecule has 2 aromatic heterocycles. The molecule has 4 aromatic rings. The first-order valence-electron chi connectivity index (χ1n) is 10.1. The average Bonchev–Trinajstić information content (AvgIpc) is 3.19. The molecule has 0 radical (unpaired) electrons. The summed E-state index contributed by atoms with van der Waals surface area (Å²) in [7, 11) is 1.50. The van der Waals surface area contributed by atoms with E-state index >= 15 is 0 Å². The van der Waals surface area contributed by atoms with Gasteiger partial charge in [-0.1, -0.05) is 37.2 Å². The Bertz CT molecular complexity index is 1420. The Balaban J connectivity index is 1.68. The number of rotatable bonds is 7. The van der Waals surface area contributed by atoms with Crippen LogP contribution in [0.25, 0.3) is 16.7 Å². The molecule has 0 bridgehead atoms. The molecule has 0 saturated heterocycles. The summed E-state index contributed by atoms with van der Waals surface area (Å²) < 4.78 is 22.3. The van der Waals surface area contributed by atoms with Gasteiger partial charge in [0, 0.05) is 11.6 Å². The Labute approximate surface area is 197 Å². The van der Waals surface area contributed by atoms with Crippen LogP contribution in [-0.2, 0) is 11.3 Å². The van der Waals surface area contributed by atoms with Gasteiger partial charge >= 0.3 is 0 Å². The molecule has 4 rings (SSSR count). The molecule has 11 heteroatoms. The van der Waals surface area contributed by atoms with Gasteiger partial charge in [0.25, 0.3) is 5.56 Å². The SMILES string of the molecule is COc1ccc(Cl)cc1NC(=O)CSc1nnc2n(CC(C)C)c(=O)c3cc(F)ccc3n12. The number of anilines is 1. The van der Waals surface area contributed by atoms with Crippen LogP contribution < -0.4 is 15.6 Å². The summed E-state index contributed by atoms with van der Waals surface area (Å²) in [5.74, 6) is 0.186. The van der Waals surface area contributed by atoms with Crippen LogP contribution in [-0.4, -0.2) is 37.9 Å². The number of hydrogen-bond donors (Lipinski definition) is 1. The maximum atomic E-state index is 13.9. The largest absolute Gasteiger partial charge is 0.495 e. The van der Waals surface area contributed by atoms with Gasteiger partial charge in [-0.15, -0.1) is 10.2 Å². The van der Waals surface area contributed by atoms with Gasteiger partial charge in [0.05, 0.1) is 29.5 Å². The van der Waals surface area contributed by atoms with Crippen molar-refractivity contribution in [3.63, 3.8) is 0 Å². The van der Waals surface area contributed by atoms with Crippen molar-refractivity contribution in [2.24, 2.45) is 5.92 Å². The first kappa shape index (κ1) is 23.1. The maximum Gasteiger partial charge on any atom is 0.262 e. The lowest BCUT2D eigenvalue weighted by Gasteiger charge is -2.13. The number of fused-ring (bicyclic) bond motifs is 3. The number of hydrogen-bond acceptors (Lipinski definition) is 6. The van der Waals surface area contributed by atoms with Crippen molar-refractivity contribution in [3.05, 3.63) is 57.6 Å². The molecule has 8 nitrogen and oxygen atoms in total. The van der Waals surface area contributed by atoms with E-state index in [1.165, 1.54) is 29.9 Å². The van der Waals surface area contributed by atoms with Crippen LogP contribution >= 0.6 is 23.4 Å². The van der Waals surface area contributed by atoms with Crippen LogP contribution in [0.1, 0.15) is 13.8 Å². The van der Waals surface area contributed by atoms with E-state index in [1.54, 1.807) is 22.6 Å². The molecule has 2 aromatic carbocycles. The zero-order valence-electron chi connectivity index (χ0n) is 18.1. The summed E-state index contributed by atoms with van der Waals surface area (Å²) in [5, 5.41) is 12.3. The summed E-state index contributed by atoms with van der Waals surface area (Å²) >= 11 is 7.17. The Morgan fingerprint density at radius 2 is 2.03 bits per heavy atom. The lowest BCUT2D eigenvalue weighted by atomic mass is 10.2. The number of carbonyl (C=O) groups excluding carboxylic acids is 1. The van der Waals surface area contributed by atoms with Crippen LogP contribution in [0.3, 0.4) is 0 Å². The minimum Gasteiger partial charge on any atom is -0.495 e. The minimum absolute atomic E-state index is 0.0163. The predicted molar refractivity (Wildman–Crippen MR) is 127 cm³/mol. The number of halogens is 2. The topological polar surface area (TPSA) is 90.5 Å². The van der Waals surface area contributed by atoms with E-state index in [0.717, 1.165) is 11.8 Å². The Hall–Kier alpha value is -3.11. The summed E-state index contributed by atoms with van der Waals surface area (Å²) in [6.45, 7) is 4.34. The van der Waals surface area contributed by atoms with Gasteiger partial charge in [0.1, 0.15) is 11.6 Å². The third-order valence-electron chi connectivity index (χ3n) is 4.85. The van der Waals surface area contributed by atoms with Crippen molar-refractivity contribution >= 4 is 51.6 Å². The van der Waals surface area contributed by atoms with Crippen LogP contribution in [0.2, 0.25) is 5.02 Å². The highest BCUT2D eigenvalue weighted by atomic mass is 35.5. The fraction of sp³-hybridized carbons (Fsp3) is 0.273. The van der Waals surface area contributed by atoms with E-state index in [4.69, 9.17) is 16.3 Å². The highest BCUT2D eigenvalue weighted by Gasteiger charge is 2.19. The van der Waals surface area contributed by atoms with Gasteiger partial charge < -0.3 is 10.1 Å². The number of aromatic nitrogens is 4. The van der Waals surface area contributed by atoms with Crippen molar-refractivity contribution in [3.8, 4) is 5.75 Å². The summed E-state index contributed by atoms with van der Waals surface area (Å²) in [6, 6.07) is 8.93. The maximum absolute atomic E-state index is 13.9. The molecule has 1 amide bonds. The van der Waals surface area contributed by atoms with Gasteiger partial charge in [0.15, 0.2) is 5.16 Å². The molecule has 0 aliphatic carbocycles. The zero-order valence-corrected chi connectivity index (χ0v) is 19.7. The monoisotopic (exact) mass is 489 g/mol. The number of ether oxygens (including phenoxy) is 1. The Kier molecular flexibility index (Phi) is 6.57. The number of amides is 1. The summed E-state index contributed by atoms with van der Waals surface area (Å²) in [4.78, 5) is 25.6. The van der Waals surface area contributed by atoms with E-state index < -0.39 is 5.82 Å². The second-order valence-corrected chi connectivity index (χ2v) is 9.15. The van der Waals surface area contributed by atoms with Gasteiger partial charge in [-0.05, 0) is 42.3 Å². The second-order valence-electron chi connectivity index (χ2n) is 7.77. The molecule has 172 valence electrons. The fourth-order valence-corrected chi connectivity index (χ4v) is 4.39. The molecule has 0 saturated carbocycles. The first-order chi connectivity index (χ1) is 15.8. The smallest absolute Gasteiger partial charge is 0.262 e. The number of benzene rings is 2. The average molecular weight is 490 g/mol. The molecule has 0 unspecified atom stereocenters. The highest BCUT2D eigenvalue weighted by Crippen LogP contribution is 2.28. The van der Waals surface area contributed by atoms with Crippen molar-refractivity contribution in [1.29, 1.82) is 0 Å². The van der Waals surface area contributed by atoms with E-state index in [9.17, 15) is 14.0 Å². The number of nitrogens with one attached hydrogen (secondary N) is 1. The van der Waals surface area contributed by atoms with E-state index in [2.05, 4.69) is 15.5 Å². The van der Waals surface area contributed by atoms with Gasteiger partial charge in [-0.25, -0.2) is 4.39 Å². The molecule has 0 aliphatic rings. The highest BCUT2D eigenvalue weighted by molar-refractivity contribution is 7.99. The number of methoxy groups -OCH3 is 1. The van der Waals surface area contributed by atoms with Gasteiger partial charge in [0.2, 0.25) is 11.7 Å². The Morgan fingerprint density at radius 1 is 1.24 bits per heavy atom. The quantitative estimate of drug-likeness (QED) is 0.391. The predicted octanol–water partition coefficient (Wildman–Crippen LogP) is 4.23. The number of thioether (sulfide) groups is 1. The molecule has 2 heterocycles. The third-order valence-corrected chi connectivity index (χ3v) is 6.01. The van der Waals surface area contributed by atoms with Crippen LogP contribution in [0.15, 0.2) is 46.3 Å². The first-order valence-corrected chi connectivity index (χ1v) is 11.5. The molecule has 0 atom stereocenters. The molecule has 0 fully saturated rings. The van der Waals surface area contributed by atoms with Crippen molar-refractivity contribution < 1.29 is 13.9 Å². The van der Waals surface area contributed by atoms with Gasteiger partial charge in [-0.2, -0.15) is 0 Å². The lowest BCUT2D eigenvalue weighted by molar-refractivity contribution is -0.113. The fourth-order valence-electron chi connectivity index (χ4n) is 3.48. The van der Waals surface area contributed by atoms with E-state index in [0.29, 0.717) is 39.5 Å². The number of carbonyl (C=O) groups is 1. The van der Waals surface area contributed by atoms with Crippen LogP contribution in [0.5, 0.6) is 5.75 Å². The molecular formula is C22H21ClFN5O3S. The molecule has 1 N–H and O–H groups in total. The molecule has 0 aliphatic heterocycles. The second kappa shape index (κ2) is 9.40. The normalized spacial score (nSPS) is 11.5. The van der Waals surface area contributed by atoms with E-state index in [1.807, 2.05) is 13.8 Å². The van der Waals surface area contributed by atoms with Crippen molar-refractivity contribution in [2.45, 2.75) is 25.5 Å². The minimum atomic E-state index is -0.507. The number of nitrogens with zero attached hydrogens (tertiary/aromatic N) is 4. The Morgan fingerprint density at radius 3 is 2.76 bits per heavy atom. The standard InChI is InChI=1S/C22H21ClFN5O3S/c1-12(2)10-28-20(31)15-9-14(24)5-6-17(15)29-21(28)26-27-22(29)33-11-19(30)25-16-8-13(23)4-7-18(16)32-3/h4-9,12H,10-11H2,1-3H3,(H,25,30). The third kappa shape index (κ3) is 4.67.